The van der Waals surface area contributed by atoms with Crippen LogP contribution in [0.3, 0.4) is 0 Å². The topological polar surface area (TPSA) is 110 Å². The minimum absolute atomic E-state index is 0.273. The molecule has 0 saturated heterocycles. The van der Waals surface area contributed by atoms with Gasteiger partial charge in [-0.3, -0.25) is 4.79 Å². The Labute approximate surface area is 227 Å². The Morgan fingerprint density at radius 3 is 1.65 bits per heavy atom. The summed E-state index contributed by atoms with van der Waals surface area (Å²) in [6, 6.07) is -1.02. The van der Waals surface area contributed by atoms with Gasteiger partial charge in [-0.15, -0.1) is 0 Å². The number of aliphatic hydroxyl groups is 4. The number of aliphatic hydroxyl groups excluding tert-OH is 4. The second-order valence-electron chi connectivity index (χ2n) is 10.1. The molecule has 0 aliphatic rings. The molecule has 0 aromatic rings. The highest BCUT2D eigenvalue weighted by molar-refractivity contribution is 5.80. The van der Waals surface area contributed by atoms with Gasteiger partial charge in [-0.1, -0.05) is 88.8 Å². The van der Waals surface area contributed by atoms with Crippen molar-refractivity contribution in [2.75, 3.05) is 6.61 Å². The summed E-state index contributed by atoms with van der Waals surface area (Å²) >= 11 is 0. The number of carbonyl (C=O) groups is 1. The van der Waals surface area contributed by atoms with E-state index in [9.17, 15) is 25.2 Å². The van der Waals surface area contributed by atoms with Crippen molar-refractivity contribution >= 4 is 5.91 Å². The molecule has 0 spiro atoms. The largest absolute Gasteiger partial charge is 0.394 e. The van der Waals surface area contributed by atoms with Gasteiger partial charge in [0.05, 0.1) is 18.8 Å². The van der Waals surface area contributed by atoms with Gasteiger partial charge in [0.15, 0.2) is 0 Å². The Morgan fingerprint density at radius 2 is 1.14 bits per heavy atom. The number of amides is 1. The molecular weight excluding hydrogens is 466 g/mol. The normalized spacial score (nSPS) is 15.5. The summed E-state index contributed by atoms with van der Waals surface area (Å²) in [4.78, 5) is 12.3. The molecule has 0 aromatic carbocycles. The quantitative estimate of drug-likeness (QED) is 0.0757. The van der Waals surface area contributed by atoms with Crippen LogP contribution in [0.15, 0.2) is 36.5 Å². The molecule has 1 amide bonds. The van der Waals surface area contributed by atoms with Crippen LogP contribution in [0.25, 0.3) is 0 Å². The standard InChI is InChI=1S/C31H57NO5/c1-3-5-7-9-11-13-14-15-16-17-19-20-22-24-28(34)30(36)27(26-33)32-31(37)29(35)25-23-21-18-12-10-8-6-4-2/h13-14,17-19,21,27-30,33-36H,3-12,15-16,20,22-26H2,1-2H3,(H,32,37)/b14-13+,19-17+,21-18-. The van der Waals surface area contributed by atoms with Crippen LogP contribution in [0.5, 0.6) is 0 Å². The highest BCUT2D eigenvalue weighted by Crippen LogP contribution is 2.11. The molecule has 6 heteroatoms. The van der Waals surface area contributed by atoms with Crippen molar-refractivity contribution in [3.63, 3.8) is 0 Å². The molecule has 0 aliphatic heterocycles. The number of rotatable bonds is 25. The van der Waals surface area contributed by atoms with Crippen LogP contribution in [0.4, 0.5) is 0 Å². The van der Waals surface area contributed by atoms with E-state index in [1.165, 1.54) is 44.9 Å². The van der Waals surface area contributed by atoms with E-state index in [4.69, 9.17) is 0 Å². The maximum atomic E-state index is 12.3. The van der Waals surface area contributed by atoms with Gasteiger partial charge in [0.2, 0.25) is 5.91 Å². The monoisotopic (exact) mass is 523 g/mol. The van der Waals surface area contributed by atoms with E-state index in [-0.39, 0.29) is 6.42 Å². The fourth-order valence-corrected chi connectivity index (χ4v) is 4.06. The third-order valence-corrected chi connectivity index (χ3v) is 6.56. The maximum absolute atomic E-state index is 12.3. The zero-order valence-electron chi connectivity index (χ0n) is 23.7. The fourth-order valence-electron chi connectivity index (χ4n) is 4.06. The van der Waals surface area contributed by atoms with Gasteiger partial charge in [0, 0.05) is 0 Å². The van der Waals surface area contributed by atoms with Crippen LogP contribution >= 0.6 is 0 Å². The molecule has 0 bridgehead atoms. The van der Waals surface area contributed by atoms with Crippen molar-refractivity contribution in [1.29, 1.82) is 0 Å². The zero-order chi connectivity index (χ0) is 27.6. The minimum atomic E-state index is -1.30. The van der Waals surface area contributed by atoms with Gasteiger partial charge in [-0.25, -0.2) is 0 Å². The summed E-state index contributed by atoms with van der Waals surface area (Å²) in [6.07, 6.45) is 26.1. The Morgan fingerprint density at radius 1 is 0.649 bits per heavy atom. The van der Waals surface area contributed by atoms with Crippen LogP contribution in [-0.2, 0) is 4.79 Å². The predicted octanol–water partition coefficient (Wildman–Crippen LogP) is 5.89. The van der Waals surface area contributed by atoms with Gasteiger partial charge in [0.1, 0.15) is 12.2 Å². The molecular formula is C31H57NO5. The average molecular weight is 524 g/mol. The third kappa shape index (κ3) is 21.2. The predicted molar refractivity (Wildman–Crippen MR) is 154 cm³/mol. The van der Waals surface area contributed by atoms with E-state index in [1.807, 2.05) is 6.08 Å². The lowest BCUT2D eigenvalue weighted by atomic mass is 10.0. The lowest BCUT2D eigenvalue weighted by Gasteiger charge is -2.27. The lowest BCUT2D eigenvalue weighted by Crippen LogP contribution is -2.53. The van der Waals surface area contributed by atoms with Crippen LogP contribution in [0, 0.1) is 0 Å². The number of hydrogen-bond acceptors (Lipinski definition) is 5. The Bertz CT molecular complexity index is 604. The molecule has 0 aromatic heterocycles. The van der Waals surface area contributed by atoms with Gasteiger partial charge in [-0.05, 0) is 70.6 Å². The molecule has 5 N–H and O–H groups in total. The van der Waals surface area contributed by atoms with E-state index in [0.717, 1.165) is 38.5 Å². The number of hydrogen-bond donors (Lipinski definition) is 5. The molecule has 0 fully saturated rings. The first-order valence-corrected chi connectivity index (χ1v) is 14.9. The summed E-state index contributed by atoms with van der Waals surface area (Å²) in [5.41, 5.74) is 0. The highest BCUT2D eigenvalue weighted by Gasteiger charge is 2.28. The molecule has 0 heterocycles. The number of nitrogens with one attached hydrogen (secondary N) is 1. The first kappa shape index (κ1) is 35.5. The smallest absolute Gasteiger partial charge is 0.249 e. The highest BCUT2D eigenvalue weighted by atomic mass is 16.3. The van der Waals surface area contributed by atoms with Crippen molar-refractivity contribution in [3.05, 3.63) is 36.5 Å². The third-order valence-electron chi connectivity index (χ3n) is 6.56. The zero-order valence-corrected chi connectivity index (χ0v) is 23.7. The first-order chi connectivity index (χ1) is 18.0. The fraction of sp³-hybridized carbons (Fsp3) is 0.774. The van der Waals surface area contributed by atoms with Crippen LogP contribution in [0.1, 0.15) is 123 Å². The SMILES string of the molecule is CCCCCC/C=C\CCC(O)C(=O)NC(CO)C(O)C(O)CCC/C=C/CC/C=C/CCCCCC. The van der Waals surface area contributed by atoms with Crippen molar-refractivity contribution in [1.82, 2.24) is 5.32 Å². The first-order valence-electron chi connectivity index (χ1n) is 14.9. The second-order valence-corrected chi connectivity index (χ2v) is 10.1. The summed E-state index contributed by atoms with van der Waals surface area (Å²) in [5.74, 6) is -0.639. The van der Waals surface area contributed by atoms with Crippen LogP contribution < -0.4 is 5.32 Å². The minimum Gasteiger partial charge on any atom is -0.394 e. The Kier molecular flexibility index (Phi) is 25.1. The van der Waals surface area contributed by atoms with Crippen molar-refractivity contribution in [2.24, 2.45) is 0 Å². The van der Waals surface area contributed by atoms with Gasteiger partial charge in [0.25, 0.3) is 0 Å². The second kappa shape index (κ2) is 26.1. The van der Waals surface area contributed by atoms with Gasteiger partial charge >= 0.3 is 0 Å². The molecule has 6 nitrogen and oxygen atoms in total. The maximum Gasteiger partial charge on any atom is 0.249 e. The number of allylic oxidation sites excluding steroid dienone is 6. The summed E-state index contributed by atoms with van der Waals surface area (Å²) in [7, 11) is 0. The van der Waals surface area contributed by atoms with E-state index < -0.39 is 36.9 Å². The Balaban J connectivity index is 4.07. The summed E-state index contributed by atoms with van der Waals surface area (Å²) in [6.45, 7) is 3.89. The average Bonchev–Trinajstić information content (AvgIpc) is 2.90. The van der Waals surface area contributed by atoms with Crippen molar-refractivity contribution < 1.29 is 25.2 Å². The number of unbranched alkanes of at least 4 members (excludes halogenated alkanes) is 10. The Hall–Kier alpha value is -1.47. The summed E-state index contributed by atoms with van der Waals surface area (Å²) in [5, 5.41) is 42.9. The molecule has 216 valence electrons. The van der Waals surface area contributed by atoms with E-state index >= 15 is 0 Å². The molecule has 4 atom stereocenters. The van der Waals surface area contributed by atoms with Crippen molar-refractivity contribution in [3.8, 4) is 0 Å². The molecule has 37 heavy (non-hydrogen) atoms. The molecule has 0 aliphatic carbocycles. The van der Waals surface area contributed by atoms with Crippen LogP contribution in [-0.4, -0.2) is 57.3 Å². The molecule has 0 radical (unpaired) electrons. The van der Waals surface area contributed by atoms with E-state index in [1.54, 1.807) is 0 Å². The van der Waals surface area contributed by atoms with E-state index in [2.05, 4.69) is 49.5 Å². The number of carbonyl (C=O) groups excluding carboxylic acids is 1. The van der Waals surface area contributed by atoms with Crippen LogP contribution in [0.2, 0.25) is 0 Å². The van der Waals surface area contributed by atoms with Gasteiger partial charge < -0.3 is 25.7 Å². The summed E-state index contributed by atoms with van der Waals surface area (Å²) < 4.78 is 0. The molecule has 0 rings (SSSR count). The molecule has 4 unspecified atom stereocenters. The van der Waals surface area contributed by atoms with Crippen molar-refractivity contribution in [2.45, 2.75) is 147 Å². The molecule has 0 saturated carbocycles. The van der Waals surface area contributed by atoms with Gasteiger partial charge in [-0.2, -0.15) is 0 Å². The lowest BCUT2D eigenvalue weighted by molar-refractivity contribution is -0.132. The van der Waals surface area contributed by atoms with E-state index in [0.29, 0.717) is 19.3 Å².